The maximum absolute atomic E-state index is 11.2. The Hall–Kier alpha value is -0.113. The Morgan fingerprint density at radius 2 is 1.38 bits per heavy atom. The van der Waals surface area contributed by atoms with E-state index < -0.39 is 28.0 Å². The second-order valence-corrected chi connectivity index (χ2v) is 4.42. The van der Waals surface area contributed by atoms with Crippen molar-refractivity contribution >= 4 is 9.53 Å². The summed E-state index contributed by atoms with van der Waals surface area (Å²) in [5, 5.41) is 0. The Morgan fingerprint density at radius 1 is 1.15 bits per heavy atom. The summed E-state index contributed by atoms with van der Waals surface area (Å²) in [5.74, 6) is -2.96. The summed E-state index contributed by atoms with van der Waals surface area (Å²) in [7, 11) is 3.05. The first-order valence-corrected chi connectivity index (χ1v) is 4.99. The van der Waals surface area contributed by atoms with Crippen LogP contribution in [0.3, 0.4) is 0 Å². The van der Waals surface area contributed by atoms with Gasteiger partial charge in [0.1, 0.15) is 0 Å². The van der Waals surface area contributed by atoms with Crippen LogP contribution in [0.25, 0.3) is 0 Å². The first-order valence-electron chi connectivity index (χ1n) is 3.58. The van der Waals surface area contributed by atoms with Gasteiger partial charge in [-0.1, -0.05) is 0 Å². The lowest BCUT2D eigenvalue weighted by atomic mass is 10.8. The molecule has 0 radical (unpaired) electrons. The van der Waals surface area contributed by atoms with Crippen LogP contribution in [0.2, 0.25) is 0 Å². The molecule has 0 spiro atoms. The molecule has 80 valence electrons. The summed E-state index contributed by atoms with van der Waals surface area (Å²) in [5.41, 5.74) is 0. The minimum atomic E-state index is -2.96. The van der Waals surface area contributed by atoms with Gasteiger partial charge in [-0.15, -0.1) is 0 Å². The Morgan fingerprint density at radius 3 is 1.38 bits per heavy atom. The first kappa shape index (κ1) is 12.9. The fourth-order valence-corrected chi connectivity index (χ4v) is 1.05. The van der Waals surface area contributed by atoms with Crippen molar-refractivity contribution in [3.05, 3.63) is 0 Å². The highest BCUT2D eigenvalue weighted by atomic mass is 28.3. The molecule has 0 aromatic carbocycles. The molecule has 1 unspecified atom stereocenters. The largest absolute Gasteiger partial charge is 0.483 e. The van der Waals surface area contributed by atoms with Gasteiger partial charge in [-0.05, 0) is 0 Å². The zero-order valence-electron chi connectivity index (χ0n) is 7.72. The monoisotopic (exact) mass is 218 g/mol. The number of hydrogen-bond donors (Lipinski definition) is 0. The summed E-state index contributed by atoms with van der Waals surface area (Å²) in [6.45, 7) is 0. The van der Waals surface area contributed by atoms with Gasteiger partial charge in [-0.3, -0.25) is 0 Å². The van der Waals surface area contributed by atoms with E-state index in [1.807, 2.05) is 0 Å². The van der Waals surface area contributed by atoms with E-state index in [0.29, 0.717) is 0 Å². The molecule has 0 aliphatic heterocycles. The molecular weight excluding hydrogens is 205 g/mol. The van der Waals surface area contributed by atoms with Gasteiger partial charge in [0, 0.05) is 21.3 Å². The fourth-order valence-electron chi connectivity index (χ4n) is 0.469. The van der Waals surface area contributed by atoms with Crippen LogP contribution in [0.1, 0.15) is 6.42 Å². The first-order chi connectivity index (χ1) is 5.97. The minimum absolute atomic E-state index is 0.562. The standard InChI is InChI=1S/C3H3F3.C3H10O3Si/c4-2-1-3(2,5)6;1-4-7(5-2)6-3/h2H,1H2;7H,1-3H3. The van der Waals surface area contributed by atoms with Crippen molar-refractivity contribution in [1.29, 1.82) is 0 Å². The summed E-state index contributed by atoms with van der Waals surface area (Å²) >= 11 is 0. The van der Waals surface area contributed by atoms with E-state index in [4.69, 9.17) is 13.3 Å². The molecule has 1 fully saturated rings. The second-order valence-electron chi connectivity index (χ2n) is 2.43. The number of halogens is 3. The van der Waals surface area contributed by atoms with Gasteiger partial charge in [-0.2, -0.15) is 0 Å². The highest BCUT2D eigenvalue weighted by Gasteiger charge is 2.58. The molecule has 0 bridgehead atoms. The molecule has 1 aliphatic rings. The minimum Gasteiger partial charge on any atom is -0.379 e. The van der Waals surface area contributed by atoms with Crippen molar-refractivity contribution in [1.82, 2.24) is 0 Å². The van der Waals surface area contributed by atoms with Gasteiger partial charge in [0.2, 0.25) is 0 Å². The van der Waals surface area contributed by atoms with Crippen molar-refractivity contribution < 1.29 is 26.4 Å². The van der Waals surface area contributed by atoms with Crippen LogP contribution < -0.4 is 0 Å². The normalized spacial score (nSPS) is 23.8. The van der Waals surface area contributed by atoms with Gasteiger partial charge in [0.05, 0.1) is 6.42 Å². The van der Waals surface area contributed by atoms with Crippen LogP contribution in [0.15, 0.2) is 0 Å². The van der Waals surface area contributed by atoms with Crippen molar-refractivity contribution in [3.8, 4) is 0 Å². The van der Waals surface area contributed by atoms with Gasteiger partial charge in [0.25, 0.3) is 5.92 Å². The zero-order chi connectivity index (χ0) is 10.5. The van der Waals surface area contributed by atoms with Crippen LogP contribution in [0, 0.1) is 0 Å². The SMILES string of the molecule is CO[SiH](OC)OC.FC1CC1(F)F. The molecule has 13 heavy (non-hydrogen) atoms. The van der Waals surface area contributed by atoms with E-state index in [1.54, 1.807) is 21.3 Å². The van der Waals surface area contributed by atoms with E-state index in [2.05, 4.69) is 0 Å². The molecule has 1 rings (SSSR count). The number of rotatable bonds is 3. The van der Waals surface area contributed by atoms with Crippen molar-refractivity contribution in [2.75, 3.05) is 21.3 Å². The average molecular weight is 218 g/mol. The van der Waals surface area contributed by atoms with Crippen LogP contribution in [0.5, 0.6) is 0 Å². The maximum atomic E-state index is 11.2. The van der Waals surface area contributed by atoms with Gasteiger partial charge < -0.3 is 13.3 Å². The molecule has 3 nitrogen and oxygen atoms in total. The van der Waals surface area contributed by atoms with Gasteiger partial charge in [0.15, 0.2) is 6.17 Å². The fraction of sp³-hybridized carbons (Fsp3) is 1.00. The Balaban J connectivity index is 0.000000223. The quantitative estimate of drug-likeness (QED) is 0.662. The predicted molar refractivity (Wildman–Crippen MR) is 42.6 cm³/mol. The lowest BCUT2D eigenvalue weighted by Gasteiger charge is -2.05. The van der Waals surface area contributed by atoms with Gasteiger partial charge in [-0.25, -0.2) is 13.2 Å². The highest BCUT2D eigenvalue weighted by molar-refractivity contribution is 6.36. The average Bonchev–Trinajstić information content (AvgIpc) is 2.61. The lowest BCUT2D eigenvalue weighted by molar-refractivity contribution is 0.0870. The van der Waals surface area contributed by atoms with Crippen LogP contribution in [-0.4, -0.2) is 43.0 Å². The summed E-state index contributed by atoms with van der Waals surface area (Å²) < 4.78 is 47.7. The highest BCUT2D eigenvalue weighted by Crippen LogP contribution is 2.44. The number of alkyl halides is 3. The van der Waals surface area contributed by atoms with E-state index in [9.17, 15) is 13.2 Å². The molecule has 0 aromatic rings. The molecule has 0 heterocycles. The predicted octanol–water partition coefficient (Wildman–Crippen LogP) is 1.01. The van der Waals surface area contributed by atoms with Crippen molar-refractivity contribution in [2.24, 2.45) is 0 Å². The third kappa shape index (κ3) is 5.24. The molecule has 1 atom stereocenters. The van der Waals surface area contributed by atoms with Crippen molar-refractivity contribution in [2.45, 2.75) is 18.5 Å². The number of hydrogen-bond acceptors (Lipinski definition) is 3. The Labute approximate surface area is 76.7 Å². The topological polar surface area (TPSA) is 27.7 Å². The maximum Gasteiger partial charge on any atom is 0.483 e. The van der Waals surface area contributed by atoms with E-state index in [1.165, 1.54) is 0 Å². The molecule has 0 N–H and O–H groups in total. The van der Waals surface area contributed by atoms with Gasteiger partial charge >= 0.3 is 9.53 Å². The summed E-state index contributed by atoms with van der Waals surface area (Å²) in [4.78, 5) is 0. The van der Waals surface area contributed by atoms with Crippen LogP contribution in [-0.2, 0) is 13.3 Å². The van der Waals surface area contributed by atoms with E-state index >= 15 is 0 Å². The zero-order valence-corrected chi connectivity index (χ0v) is 8.88. The Bertz CT molecular complexity index is 138. The molecule has 1 saturated carbocycles. The van der Waals surface area contributed by atoms with Crippen molar-refractivity contribution in [3.63, 3.8) is 0 Å². The molecule has 0 aromatic heterocycles. The second kappa shape index (κ2) is 5.58. The third-order valence-corrected chi connectivity index (χ3v) is 2.48. The molecule has 0 saturated heterocycles. The molecule has 0 amide bonds. The summed E-state index contributed by atoms with van der Waals surface area (Å²) in [6.07, 6.45) is -2.40. The molecule has 7 heteroatoms. The van der Waals surface area contributed by atoms with Crippen LogP contribution >= 0.6 is 0 Å². The Kier molecular flexibility index (Phi) is 5.53. The third-order valence-electron chi connectivity index (χ3n) is 1.33. The van der Waals surface area contributed by atoms with E-state index in [0.717, 1.165) is 0 Å². The molecular formula is C6H13F3O3Si. The molecule has 1 aliphatic carbocycles. The summed E-state index contributed by atoms with van der Waals surface area (Å²) in [6, 6.07) is 0. The van der Waals surface area contributed by atoms with E-state index in [-0.39, 0.29) is 0 Å². The smallest absolute Gasteiger partial charge is 0.379 e. The lowest BCUT2D eigenvalue weighted by Crippen LogP contribution is -2.21. The van der Waals surface area contributed by atoms with Crippen LogP contribution in [0.4, 0.5) is 13.2 Å².